The van der Waals surface area contributed by atoms with E-state index in [0.29, 0.717) is 24.5 Å². The Hall–Kier alpha value is -3.47. The highest BCUT2D eigenvalue weighted by Gasteiger charge is 2.16. The van der Waals surface area contributed by atoms with E-state index in [1.54, 1.807) is 24.3 Å². The summed E-state index contributed by atoms with van der Waals surface area (Å²) in [6.07, 6.45) is 3.69. The van der Waals surface area contributed by atoms with Gasteiger partial charge in [-0.25, -0.2) is 4.79 Å². The number of rotatable bonds is 7. The van der Waals surface area contributed by atoms with Crippen molar-refractivity contribution in [1.82, 2.24) is 4.90 Å². The topological polar surface area (TPSA) is 54.7 Å². The van der Waals surface area contributed by atoms with Gasteiger partial charge in [-0.2, -0.15) is 0 Å². The Morgan fingerprint density at radius 2 is 1.93 bits per heavy atom. The van der Waals surface area contributed by atoms with E-state index in [4.69, 9.17) is 9.15 Å². The Kier molecular flexibility index (Phi) is 6.52. The van der Waals surface area contributed by atoms with Gasteiger partial charge in [-0.3, -0.25) is 0 Å². The SMILES string of the molecule is COc1cccc(NC(=O)N(C/C(C)=C/c2ccccc2)Cc2ccco2)c1. The molecule has 0 aliphatic heterocycles. The smallest absolute Gasteiger partial charge is 0.322 e. The maximum atomic E-state index is 12.9. The molecule has 0 aliphatic rings. The minimum absolute atomic E-state index is 0.203. The van der Waals surface area contributed by atoms with Crippen LogP contribution in [0, 0.1) is 0 Å². The summed E-state index contributed by atoms with van der Waals surface area (Å²) in [5.74, 6) is 1.42. The number of hydrogen-bond acceptors (Lipinski definition) is 3. The summed E-state index contributed by atoms with van der Waals surface area (Å²) >= 11 is 0. The van der Waals surface area contributed by atoms with Crippen LogP contribution in [0.4, 0.5) is 10.5 Å². The van der Waals surface area contributed by atoms with Crippen molar-refractivity contribution < 1.29 is 13.9 Å². The Labute approximate surface area is 165 Å². The van der Waals surface area contributed by atoms with Gasteiger partial charge in [0.1, 0.15) is 11.5 Å². The lowest BCUT2D eigenvalue weighted by Gasteiger charge is -2.23. The second kappa shape index (κ2) is 9.46. The number of nitrogens with zero attached hydrogens (tertiary/aromatic N) is 1. The Bertz CT molecular complexity index is 918. The van der Waals surface area contributed by atoms with Crippen LogP contribution < -0.4 is 10.1 Å². The first-order valence-corrected chi connectivity index (χ1v) is 9.08. The van der Waals surface area contributed by atoms with E-state index in [9.17, 15) is 4.79 Å². The molecule has 0 spiro atoms. The zero-order valence-corrected chi connectivity index (χ0v) is 16.1. The van der Waals surface area contributed by atoms with Crippen molar-refractivity contribution >= 4 is 17.8 Å². The number of carbonyl (C=O) groups excluding carboxylic acids is 1. The third-order valence-electron chi connectivity index (χ3n) is 4.19. The van der Waals surface area contributed by atoms with Crippen LogP contribution in [0.1, 0.15) is 18.2 Å². The summed E-state index contributed by atoms with van der Waals surface area (Å²) in [6, 6.07) is 20.8. The van der Waals surface area contributed by atoms with Crippen molar-refractivity contribution in [2.75, 3.05) is 19.0 Å². The first kappa shape index (κ1) is 19.3. The summed E-state index contributed by atoms with van der Waals surface area (Å²) < 4.78 is 10.7. The van der Waals surface area contributed by atoms with Gasteiger partial charge >= 0.3 is 6.03 Å². The number of anilines is 1. The van der Waals surface area contributed by atoms with Gasteiger partial charge in [-0.05, 0) is 36.8 Å². The Morgan fingerprint density at radius 1 is 1.11 bits per heavy atom. The van der Waals surface area contributed by atoms with Gasteiger partial charge in [0, 0.05) is 18.3 Å². The second-order valence-electron chi connectivity index (χ2n) is 6.50. The molecule has 28 heavy (non-hydrogen) atoms. The van der Waals surface area contributed by atoms with Gasteiger partial charge in [-0.15, -0.1) is 0 Å². The van der Waals surface area contributed by atoms with E-state index in [-0.39, 0.29) is 6.03 Å². The highest BCUT2D eigenvalue weighted by Crippen LogP contribution is 2.18. The number of hydrogen-bond donors (Lipinski definition) is 1. The zero-order valence-electron chi connectivity index (χ0n) is 16.1. The number of nitrogens with one attached hydrogen (secondary N) is 1. The molecule has 1 heterocycles. The summed E-state index contributed by atoms with van der Waals surface area (Å²) in [5.41, 5.74) is 2.85. The molecule has 5 nitrogen and oxygen atoms in total. The molecule has 1 aromatic heterocycles. The van der Waals surface area contributed by atoms with E-state index >= 15 is 0 Å². The molecular weight excluding hydrogens is 352 g/mol. The van der Waals surface area contributed by atoms with E-state index < -0.39 is 0 Å². The minimum atomic E-state index is -0.203. The minimum Gasteiger partial charge on any atom is -0.497 e. The molecule has 1 N–H and O–H groups in total. The normalized spacial score (nSPS) is 11.1. The number of urea groups is 1. The van der Waals surface area contributed by atoms with Crippen LogP contribution in [0.2, 0.25) is 0 Å². The fourth-order valence-electron chi connectivity index (χ4n) is 2.87. The number of furan rings is 1. The molecule has 0 bridgehead atoms. The largest absolute Gasteiger partial charge is 0.497 e. The highest BCUT2D eigenvalue weighted by atomic mass is 16.5. The van der Waals surface area contributed by atoms with Crippen LogP contribution in [0.15, 0.2) is 83.0 Å². The average molecular weight is 376 g/mol. The van der Waals surface area contributed by atoms with E-state index in [1.807, 2.05) is 67.6 Å². The highest BCUT2D eigenvalue weighted by molar-refractivity contribution is 5.89. The summed E-state index contributed by atoms with van der Waals surface area (Å²) in [4.78, 5) is 14.6. The van der Waals surface area contributed by atoms with Gasteiger partial charge in [0.25, 0.3) is 0 Å². The summed E-state index contributed by atoms with van der Waals surface area (Å²) in [7, 11) is 1.60. The third-order valence-corrected chi connectivity index (χ3v) is 4.19. The van der Waals surface area contributed by atoms with Crippen molar-refractivity contribution in [2.45, 2.75) is 13.5 Å². The fourth-order valence-corrected chi connectivity index (χ4v) is 2.87. The molecule has 0 radical (unpaired) electrons. The van der Waals surface area contributed by atoms with Crippen LogP contribution in [-0.4, -0.2) is 24.6 Å². The van der Waals surface area contributed by atoms with Crippen LogP contribution >= 0.6 is 0 Å². The number of amides is 2. The first-order valence-electron chi connectivity index (χ1n) is 9.08. The Balaban J connectivity index is 1.75. The molecular formula is C23H24N2O3. The van der Waals surface area contributed by atoms with E-state index in [2.05, 4.69) is 11.4 Å². The standard InChI is InChI=1S/C23H24N2O3/c1-18(14-19-8-4-3-5-9-19)16-25(17-22-12-7-13-28-22)23(26)24-20-10-6-11-21(15-20)27-2/h3-15H,16-17H2,1-2H3,(H,24,26)/b18-14+. The molecule has 0 unspecified atom stereocenters. The molecule has 2 aromatic carbocycles. The maximum Gasteiger partial charge on any atom is 0.322 e. The maximum absolute atomic E-state index is 12.9. The molecule has 0 atom stereocenters. The lowest BCUT2D eigenvalue weighted by molar-refractivity contribution is 0.209. The number of carbonyl (C=O) groups is 1. The molecule has 0 saturated heterocycles. The van der Waals surface area contributed by atoms with Crippen LogP contribution in [0.3, 0.4) is 0 Å². The number of methoxy groups -OCH3 is 1. The molecule has 0 saturated carbocycles. The number of ether oxygens (including phenoxy) is 1. The van der Waals surface area contributed by atoms with Crippen LogP contribution in [0.5, 0.6) is 5.75 Å². The van der Waals surface area contributed by atoms with E-state index in [1.165, 1.54) is 0 Å². The van der Waals surface area contributed by atoms with Gasteiger partial charge in [0.05, 0.1) is 19.9 Å². The first-order chi connectivity index (χ1) is 13.6. The predicted octanol–water partition coefficient (Wildman–Crippen LogP) is 5.43. The number of benzene rings is 2. The Morgan fingerprint density at radius 3 is 2.64 bits per heavy atom. The average Bonchev–Trinajstić information content (AvgIpc) is 3.21. The predicted molar refractivity (Wildman–Crippen MR) is 111 cm³/mol. The van der Waals surface area contributed by atoms with E-state index in [0.717, 1.165) is 16.9 Å². The van der Waals surface area contributed by atoms with Gasteiger partial charge in [0.2, 0.25) is 0 Å². The molecule has 0 aliphatic carbocycles. The molecule has 0 fully saturated rings. The monoisotopic (exact) mass is 376 g/mol. The second-order valence-corrected chi connectivity index (χ2v) is 6.50. The molecule has 3 aromatic rings. The van der Waals surface area contributed by atoms with Crippen molar-refractivity contribution in [1.29, 1.82) is 0 Å². The lowest BCUT2D eigenvalue weighted by atomic mass is 10.1. The fraction of sp³-hybridized carbons (Fsp3) is 0.174. The van der Waals surface area contributed by atoms with Crippen LogP contribution in [-0.2, 0) is 6.54 Å². The van der Waals surface area contributed by atoms with Crippen LogP contribution in [0.25, 0.3) is 6.08 Å². The molecule has 5 heteroatoms. The van der Waals surface area contributed by atoms with Gasteiger partial charge < -0.3 is 19.4 Å². The van der Waals surface area contributed by atoms with Crippen molar-refractivity contribution in [3.8, 4) is 5.75 Å². The molecule has 144 valence electrons. The molecule has 3 rings (SSSR count). The quantitative estimate of drug-likeness (QED) is 0.598. The summed E-state index contributed by atoms with van der Waals surface area (Å²) in [5, 5.41) is 2.94. The third kappa shape index (κ3) is 5.51. The van der Waals surface area contributed by atoms with Gasteiger partial charge in [-0.1, -0.05) is 48.0 Å². The van der Waals surface area contributed by atoms with Crippen molar-refractivity contribution in [3.05, 3.63) is 89.9 Å². The van der Waals surface area contributed by atoms with Crippen molar-refractivity contribution in [2.24, 2.45) is 0 Å². The summed E-state index contributed by atoms with van der Waals surface area (Å²) in [6.45, 7) is 2.87. The molecule has 2 amide bonds. The van der Waals surface area contributed by atoms with Crippen molar-refractivity contribution in [3.63, 3.8) is 0 Å². The zero-order chi connectivity index (χ0) is 19.8. The van der Waals surface area contributed by atoms with Gasteiger partial charge in [0.15, 0.2) is 0 Å². The lowest BCUT2D eigenvalue weighted by Crippen LogP contribution is -2.35.